The Balaban J connectivity index is 2.07. The minimum atomic E-state index is -0.393. The van der Waals surface area contributed by atoms with Gasteiger partial charge in [-0.25, -0.2) is 9.67 Å². The number of aromatic nitrogens is 4. The number of benzene rings is 1. The van der Waals surface area contributed by atoms with E-state index in [0.29, 0.717) is 11.5 Å². The Labute approximate surface area is 113 Å². The van der Waals surface area contributed by atoms with E-state index in [4.69, 9.17) is 11.5 Å². The van der Waals surface area contributed by atoms with E-state index in [9.17, 15) is 4.79 Å². The Morgan fingerprint density at radius 2 is 2.05 bits per heavy atom. The molecule has 7 heteroatoms. The number of aromatic amines is 1. The molecule has 2 aromatic heterocycles. The number of hydrogen-bond donors (Lipinski definition) is 3. The molecule has 0 aliphatic carbocycles. The second-order valence-corrected chi connectivity index (χ2v) is 4.27. The topological polar surface area (TPSA) is 116 Å². The fraction of sp³-hybridized carbons (Fsp3) is 0. The van der Waals surface area contributed by atoms with Crippen molar-refractivity contribution in [3.8, 4) is 16.9 Å². The molecule has 0 bridgehead atoms. The maximum atomic E-state index is 11.5. The summed E-state index contributed by atoms with van der Waals surface area (Å²) in [5.41, 5.74) is 13.5. The van der Waals surface area contributed by atoms with Crippen molar-refractivity contribution in [2.24, 2.45) is 0 Å². The van der Waals surface area contributed by atoms with Gasteiger partial charge in [0.25, 0.3) is 5.56 Å². The molecule has 1 aromatic carbocycles. The van der Waals surface area contributed by atoms with Crippen molar-refractivity contribution in [3.05, 3.63) is 53.3 Å². The highest BCUT2D eigenvalue weighted by molar-refractivity contribution is 5.66. The lowest BCUT2D eigenvalue weighted by Gasteiger charge is -2.02. The van der Waals surface area contributed by atoms with Crippen LogP contribution in [0.25, 0.3) is 16.9 Å². The lowest BCUT2D eigenvalue weighted by molar-refractivity contribution is 0.839. The highest BCUT2D eigenvalue weighted by Gasteiger charge is 2.09. The van der Waals surface area contributed by atoms with E-state index >= 15 is 0 Å². The molecule has 0 amide bonds. The molecule has 0 aliphatic rings. The number of hydrogen-bond acceptors (Lipinski definition) is 5. The van der Waals surface area contributed by atoms with Gasteiger partial charge in [-0.05, 0) is 17.7 Å². The lowest BCUT2D eigenvalue weighted by atomic mass is 10.1. The molecule has 100 valence electrons. The van der Waals surface area contributed by atoms with Crippen LogP contribution in [0.4, 0.5) is 11.4 Å². The molecule has 7 nitrogen and oxygen atoms in total. The number of H-pyrrole nitrogens is 1. The maximum Gasteiger partial charge on any atom is 0.276 e. The summed E-state index contributed by atoms with van der Waals surface area (Å²) >= 11 is 0. The van der Waals surface area contributed by atoms with Crippen LogP contribution in [0.1, 0.15) is 0 Å². The Morgan fingerprint density at radius 1 is 1.20 bits per heavy atom. The van der Waals surface area contributed by atoms with Gasteiger partial charge in [-0.15, -0.1) is 0 Å². The first-order valence-corrected chi connectivity index (χ1v) is 5.89. The van der Waals surface area contributed by atoms with Gasteiger partial charge in [-0.3, -0.25) is 4.79 Å². The van der Waals surface area contributed by atoms with Gasteiger partial charge in [-0.1, -0.05) is 12.1 Å². The van der Waals surface area contributed by atoms with Gasteiger partial charge >= 0.3 is 0 Å². The van der Waals surface area contributed by atoms with Crippen LogP contribution in [0.3, 0.4) is 0 Å². The average molecular weight is 268 g/mol. The first-order valence-electron chi connectivity index (χ1n) is 5.89. The average Bonchev–Trinajstić information content (AvgIpc) is 2.91. The number of anilines is 2. The second kappa shape index (κ2) is 4.54. The van der Waals surface area contributed by atoms with Gasteiger partial charge in [0.15, 0.2) is 5.82 Å². The Kier molecular flexibility index (Phi) is 2.72. The SMILES string of the molecule is Nc1cccc(-c2cnn(-c3nc[nH]c(=O)c3N)c2)c1. The van der Waals surface area contributed by atoms with Gasteiger partial charge in [0, 0.05) is 17.4 Å². The Hall–Kier alpha value is -3.09. The molecule has 0 atom stereocenters. The van der Waals surface area contributed by atoms with Crippen LogP contribution in [0.15, 0.2) is 47.8 Å². The summed E-state index contributed by atoms with van der Waals surface area (Å²) in [5, 5.41) is 4.18. The monoisotopic (exact) mass is 268 g/mol. The number of nitrogens with one attached hydrogen (secondary N) is 1. The van der Waals surface area contributed by atoms with E-state index in [1.807, 2.05) is 24.3 Å². The summed E-state index contributed by atoms with van der Waals surface area (Å²) in [6.45, 7) is 0. The third kappa shape index (κ3) is 2.01. The van der Waals surface area contributed by atoms with Crippen molar-refractivity contribution in [2.45, 2.75) is 0 Å². The Bertz CT molecular complexity index is 819. The molecule has 0 fully saturated rings. The zero-order valence-corrected chi connectivity index (χ0v) is 10.4. The van der Waals surface area contributed by atoms with E-state index < -0.39 is 5.56 Å². The quantitative estimate of drug-likeness (QED) is 0.594. The summed E-state index contributed by atoms with van der Waals surface area (Å²) in [5.74, 6) is 0.295. The fourth-order valence-electron chi connectivity index (χ4n) is 1.89. The zero-order chi connectivity index (χ0) is 14.1. The van der Waals surface area contributed by atoms with Crippen molar-refractivity contribution in [3.63, 3.8) is 0 Å². The molecule has 2 heterocycles. The normalized spacial score (nSPS) is 10.6. The number of rotatable bonds is 2. The third-order valence-corrected chi connectivity index (χ3v) is 2.89. The lowest BCUT2D eigenvalue weighted by Crippen LogP contribution is -2.16. The highest BCUT2D eigenvalue weighted by atomic mass is 16.1. The molecule has 3 aromatic rings. The summed E-state index contributed by atoms with van der Waals surface area (Å²) in [6, 6.07) is 7.44. The van der Waals surface area contributed by atoms with Crippen molar-refractivity contribution >= 4 is 11.4 Å². The minimum Gasteiger partial charge on any atom is -0.399 e. The van der Waals surface area contributed by atoms with Crippen LogP contribution in [0, 0.1) is 0 Å². The summed E-state index contributed by atoms with van der Waals surface area (Å²) < 4.78 is 1.46. The van der Waals surface area contributed by atoms with E-state index in [1.165, 1.54) is 11.0 Å². The van der Waals surface area contributed by atoms with Crippen LogP contribution in [-0.4, -0.2) is 19.7 Å². The standard InChI is InChI=1S/C13H12N6O/c14-10-3-1-2-8(4-10)9-5-18-19(6-9)12-11(15)13(20)17-7-16-12/h1-7H,14-15H2,(H,16,17,20). The number of nitrogens with zero attached hydrogens (tertiary/aromatic N) is 3. The molecule has 0 unspecified atom stereocenters. The predicted molar refractivity (Wildman–Crippen MR) is 76.2 cm³/mol. The predicted octanol–water partition coefficient (Wildman–Crippen LogP) is 0.787. The van der Waals surface area contributed by atoms with E-state index in [1.54, 1.807) is 12.4 Å². The van der Waals surface area contributed by atoms with Crippen LogP contribution in [0.2, 0.25) is 0 Å². The summed E-state index contributed by atoms with van der Waals surface area (Å²) in [6.07, 6.45) is 4.69. The fourth-order valence-corrected chi connectivity index (χ4v) is 1.89. The van der Waals surface area contributed by atoms with Gasteiger partial charge in [0.1, 0.15) is 5.69 Å². The molecule has 5 N–H and O–H groups in total. The van der Waals surface area contributed by atoms with Crippen molar-refractivity contribution in [1.29, 1.82) is 0 Å². The van der Waals surface area contributed by atoms with Crippen molar-refractivity contribution in [2.75, 3.05) is 11.5 Å². The first kappa shape index (κ1) is 12.0. The minimum absolute atomic E-state index is 0.0229. The summed E-state index contributed by atoms with van der Waals surface area (Å²) in [4.78, 5) is 17.9. The van der Waals surface area contributed by atoms with Crippen molar-refractivity contribution < 1.29 is 0 Å². The molecule has 0 aliphatic heterocycles. The maximum absolute atomic E-state index is 11.5. The van der Waals surface area contributed by atoms with E-state index in [0.717, 1.165) is 11.1 Å². The van der Waals surface area contributed by atoms with Crippen LogP contribution in [0.5, 0.6) is 0 Å². The molecule has 0 radical (unpaired) electrons. The Morgan fingerprint density at radius 3 is 2.85 bits per heavy atom. The highest BCUT2D eigenvalue weighted by Crippen LogP contribution is 2.22. The van der Waals surface area contributed by atoms with Crippen LogP contribution in [-0.2, 0) is 0 Å². The molecule has 0 spiro atoms. The smallest absolute Gasteiger partial charge is 0.276 e. The van der Waals surface area contributed by atoms with Gasteiger partial charge in [0.2, 0.25) is 0 Å². The van der Waals surface area contributed by atoms with Gasteiger partial charge in [-0.2, -0.15) is 5.10 Å². The van der Waals surface area contributed by atoms with E-state index in [2.05, 4.69) is 15.1 Å². The van der Waals surface area contributed by atoms with Crippen LogP contribution < -0.4 is 17.0 Å². The molecule has 0 saturated heterocycles. The van der Waals surface area contributed by atoms with Gasteiger partial charge in [0.05, 0.1) is 12.5 Å². The van der Waals surface area contributed by atoms with Crippen LogP contribution >= 0.6 is 0 Å². The first-order chi connectivity index (χ1) is 9.65. The molecular weight excluding hydrogens is 256 g/mol. The number of nitrogen functional groups attached to an aromatic ring is 2. The third-order valence-electron chi connectivity index (χ3n) is 2.89. The largest absolute Gasteiger partial charge is 0.399 e. The number of nitrogens with two attached hydrogens (primary N) is 2. The molecule has 20 heavy (non-hydrogen) atoms. The molecular formula is C13H12N6O. The molecule has 3 rings (SSSR count). The van der Waals surface area contributed by atoms with E-state index in [-0.39, 0.29) is 5.69 Å². The molecule has 0 saturated carbocycles. The summed E-state index contributed by atoms with van der Waals surface area (Å²) in [7, 11) is 0. The zero-order valence-electron chi connectivity index (χ0n) is 10.4. The van der Waals surface area contributed by atoms with Crippen molar-refractivity contribution in [1.82, 2.24) is 19.7 Å². The second-order valence-electron chi connectivity index (χ2n) is 4.27. The van der Waals surface area contributed by atoms with Gasteiger partial charge < -0.3 is 16.5 Å².